The zero-order chi connectivity index (χ0) is 16.7. The van der Waals surface area contributed by atoms with E-state index in [9.17, 15) is 9.90 Å². The van der Waals surface area contributed by atoms with Crippen LogP contribution in [0.2, 0.25) is 0 Å². The Labute approximate surface area is 133 Å². The van der Waals surface area contributed by atoms with Crippen LogP contribution in [0.1, 0.15) is 10.4 Å². The molecule has 0 heterocycles. The Hall–Kier alpha value is -3.27. The first-order chi connectivity index (χ1) is 11.1. The Morgan fingerprint density at radius 1 is 0.696 bits per heavy atom. The third-order valence-electron chi connectivity index (χ3n) is 3.10. The number of hydrogen-bond acceptors (Lipinski definition) is 3. The molecule has 0 saturated carbocycles. The van der Waals surface area contributed by atoms with Gasteiger partial charge in [0.15, 0.2) is 0 Å². The second-order valence-electron chi connectivity index (χ2n) is 4.74. The number of phenols is 2. The molecule has 0 fully saturated rings. The van der Waals surface area contributed by atoms with E-state index >= 15 is 0 Å². The minimum atomic E-state index is -0.986. The van der Waals surface area contributed by atoms with Gasteiger partial charge in [0.05, 0.1) is 5.56 Å². The Morgan fingerprint density at radius 2 is 1.26 bits per heavy atom. The zero-order valence-corrected chi connectivity index (χ0v) is 12.3. The Balaban J connectivity index is 0.000000174. The standard InChI is InChI=1S/C12H10O.C7H6O3/c13-12-9-5-4-8-11(12)10-6-2-1-3-7-10;8-6-3-1-5(2-4-6)7(9)10/h1-9,13H;1-4,8H,(H,9,10). The molecule has 4 heteroatoms. The number of carboxylic acids is 1. The fourth-order valence-corrected chi connectivity index (χ4v) is 1.94. The third-order valence-corrected chi connectivity index (χ3v) is 3.10. The van der Waals surface area contributed by atoms with Crippen LogP contribution in [0.5, 0.6) is 11.5 Å². The van der Waals surface area contributed by atoms with Crippen LogP contribution < -0.4 is 0 Å². The first-order valence-corrected chi connectivity index (χ1v) is 6.93. The van der Waals surface area contributed by atoms with Crippen LogP contribution in [-0.2, 0) is 0 Å². The molecule has 3 aromatic rings. The van der Waals surface area contributed by atoms with Gasteiger partial charge in [0.2, 0.25) is 0 Å². The molecular weight excluding hydrogens is 292 g/mol. The molecule has 0 bridgehead atoms. The van der Waals surface area contributed by atoms with E-state index in [2.05, 4.69) is 0 Å². The van der Waals surface area contributed by atoms with Crippen molar-refractivity contribution in [2.75, 3.05) is 0 Å². The van der Waals surface area contributed by atoms with E-state index in [1.165, 1.54) is 24.3 Å². The lowest BCUT2D eigenvalue weighted by Gasteiger charge is -2.02. The first kappa shape index (κ1) is 16.1. The molecule has 0 aromatic heterocycles. The fraction of sp³-hybridized carbons (Fsp3) is 0. The summed E-state index contributed by atoms with van der Waals surface area (Å²) in [7, 11) is 0. The summed E-state index contributed by atoms with van der Waals surface area (Å²) >= 11 is 0. The minimum Gasteiger partial charge on any atom is -0.508 e. The van der Waals surface area contributed by atoms with E-state index in [4.69, 9.17) is 10.2 Å². The smallest absolute Gasteiger partial charge is 0.335 e. The summed E-state index contributed by atoms with van der Waals surface area (Å²) in [6, 6.07) is 22.6. The number of carbonyl (C=O) groups is 1. The van der Waals surface area contributed by atoms with Gasteiger partial charge in [0, 0.05) is 5.56 Å². The van der Waals surface area contributed by atoms with Gasteiger partial charge in [0.1, 0.15) is 11.5 Å². The maximum atomic E-state index is 10.2. The van der Waals surface area contributed by atoms with Crippen LogP contribution in [0.4, 0.5) is 0 Å². The minimum absolute atomic E-state index is 0.0741. The van der Waals surface area contributed by atoms with Crippen molar-refractivity contribution in [2.24, 2.45) is 0 Å². The summed E-state index contributed by atoms with van der Waals surface area (Å²) in [4.78, 5) is 10.2. The van der Waals surface area contributed by atoms with Gasteiger partial charge in [-0.25, -0.2) is 4.79 Å². The molecule has 0 spiro atoms. The van der Waals surface area contributed by atoms with Gasteiger partial charge in [-0.3, -0.25) is 0 Å². The van der Waals surface area contributed by atoms with Crippen LogP contribution in [0.3, 0.4) is 0 Å². The number of benzene rings is 3. The van der Waals surface area contributed by atoms with Gasteiger partial charge in [0.25, 0.3) is 0 Å². The molecule has 0 atom stereocenters. The molecule has 0 amide bonds. The van der Waals surface area contributed by atoms with E-state index in [-0.39, 0.29) is 11.3 Å². The number of aromatic hydroxyl groups is 2. The van der Waals surface area contributed by atoms with E-state index in [1.807, 2.05) is 48.5 Å². The van der Waals surface area contributed by atoms with Gasteiger partial charge in [-0.05, 0) is 35.9 Å². The van der Waals surface area contributed by atoms with Crippen molar-refractivity contribution in [1.82, 2.24) is 0 Å². The topological polar surface area (TPSA) is 77.8 Å². The van der Waals surface area contributed by atoms with E-state index < -0.39 is 5.97 Å². The highest BCUT2D eigenvalue weighted by Crippen LogP contribution is 2.27. The van der Waals surface area contributed by atoms with Crippen molar-refractivity contribution in [3.05, 3.63) is 84.4 Å². The van der Waals surface area contributed by atoms with Crippen LogP contribution in [0.15, 0.2) is 78.9 Å². The molecule has 3 aromatic carbocycles. The van der Waals surface area contributed by atoms with Gasteiger partial charge in [-0.2, -0.15) is 0 Å². The van der Waals surface area contributed by atoms with Crippen molar-refractivity contribution >= 4 is 5.97 Å². The van der Waals surface area contributed by atoms with Crippen LogP contribution in [0, 0.1) is 0 Å². The Kier molecular flexibility index (Phi) is 5.36. The summed E-state index contributed by atoms with van der Waals surface area (Å²) in [5.41, 5.74) is 2.10. The molecule has 0 saturated heterocycles. The lowest BCUT2D eigenvalue weighted by Crippen LogP contribution is -1.93. The molecule has 0 aliphatic heterocycles. The summed E-state index contributed by atoms with van der Waals surface area (Å²) in [6.07, 6.45) is 0. The van der Waals surface area contributed by atoms with Gasteiger partial charge in [-0.1, -0.05) is 48.5 Å². The quantitative estimate of drug-likeness (QED) is 0.664. The monoisotopic (exact) mass is 308 g/mol. The average molecular weight is 308 g/mol. The Bertz CT molecular complexity index is 765. The number of rotatable bonds is 2. The van der Waals surface area contributed by atoms with Crippen LogP contribution in [0.25, 0.3) is 11.1 Å². The summed E-state index contributed by atoms with van der Waals surface area (Å²) in [5, 5.41) is 26.7. The van der Waals surface area contributed by atoms with Crippen molar-refractivity contribution < 1.29 is 20.1 Å². The van der Waals surface area contributed by atoms with Crippen molar-refractivity contribution in [3.8, 4) is 22.6 Å². The molecule has 0 radical (unpaired) electrons. The molecule has 0 aliphatic rings. The fourth-order valence-electron chi connectivity index (χ4n) is 1.94. The van der Waals surface area contributed by atoms with Gasteiger partial charge < -0.3 is 15.3 Å². The predicted molar refractivity (Wildman–Crippen MR) is 88.6 cm³/mol. The molecule has 3 rings (SSSR count). The second-order valence-corrected chi connectivity index (χ2v) is 4.74. The van der Waals surface area contributed by atoms with E-state index in [0.717, 1.165) is 11.1 Å². The van der Waals surface area contributed by atoms with Crippen molar-refractivity contribution in [3.63, 3.8) is 0 Å². The third kappa shape index (κ3) is 4.61. The molecular formula is C19H16O4. The molecule has 3 N–H and O–H groups in total. The van der Waals surface area contributed by atoms with Crippen molar-refractivity contribution in [2.45, 2.75) is 0 Å². The van der Waals surface area contributed by atoms with Crippen LogP contribution >= 0.6 is 0 Å². The highest BCUT2D eigenvalue weighted by Gasteiger charge is 2.00. The summed E-state index contributed by atoms with van der Waals surface area (Å²) < 4.78 is 0. The zero-order valence-electron chi connectivity index (χ0n) is 12.3. The maximum absolute atomic E-state index is 10.2. The number of aromatic carboxylic acids is 1. The van der Waals surface area contributed by atoms with Crippen LogP contribution in [-0.4, -0.2) is 21.3 Å². The number of para-hydroxylation sites is 1. The van der Waals surface area contributed by atoms with E-state index in [0.29, 0.717) is 5.75 Å². The average Bonchev–Trinajstić information content (AvgIpc) is 2.57. The van der Waals surface area contributed by atoms with Crippen molar-refractivity contribution in [1.29, 1.82) is 0 Å². The molecule has 0 unspecified atom stereocenters. The molecule has 0 aliphatic carbocycles. The summed E-state index contributed by atoms with van der Waals surface area (Å²) in [6.45, 7) is 0. The Morgan fingerprint density at radius 3 is 1.83 bits per heavy atom. The van der Waals surface area contributed by atoms with E-state index in [1.54, 1.807) is 6.07 Å². The highest BCUT2D eigenvalue weighted by molar-refractivity contribution is 5.87. The second kappa shape index (κ2) is 7.66. The normalized spacial score (nSPS) is 9.57. The largest absolute Gasteiger partial charge is 0.508 e. The lowest BCUT2D eigenvalue weighted by molar-refractivity contribution is 0.0697. The first-order valence-electron chi connectivity index (χ1n) is 6.93. The number of phenolic OH excluding ortho intramolecular Hbond substituents is 2. The highest BCUT2D eigenvalue weighted by atomic mass is 16.4. The maximum Gasteiger partial charge on any atom is 0.335 e. The summed E-state index contributed by atoms with van der Waals surface area (Å²) in [5.74, 6) is -0.585. The molecule has 116 valence electrons. The molecule has 4 nitrogen and oxygen atoms in total. The molecule has 23 heavy (non-hydrogen) atoms. The van der Waals surface area contributed by atoms with Gasteiger partial charge >= 0.3 is 5.97 Å². The predicted octanol–water partition coefficient (Wildman–Crippen LogP) is 4.15. The SMILES string of the molecule is O=C(O)c1ccc(O)cc1.Oc1ccccc1-c1ccccc1. The number of carboxylic acid groups (broad SMARTS) is 1. The number of hydrogen-bond donors (Lipinski definition) is 3. The lowest BCUT2D eigenvalue weighted by atomic mass is 10.1. The van der Waals surface area contributed by atoms with Gasteiger partial charge in [-0.15, -0.1) is 0 Å².